The molecule has 1 aromatic heterocycles. The fourth-order valence-electron chi connectivity index (χ4n) is 1.70. The minimum atomic E-state index is 0.222. The quantitative estimate of drug-likeness (QED) is 0.599. The summed E-state index contributed by atoms with van der Waals surface area (Å²) in [6.07, 6.45) is 3.26. The molecule has 1 unspecified atom stereocenters. The lowest BCUT2D eigenvalue weighted by molar-refractivity contribution is 0.558. The lowest BCUT2D eigenvalue weighted by atomic mass is 10.1. The van der Waals surface area contributed by atoms with E-state index in [-0.39, 0.29) is 4.75 Å². The zero-order chi connectivity index (χ0) is 15.0. The van der Waals surface area contributed by atoms with E-state index in [1.165, 1.54) is 4.88 Å². The first-order chi connectivity index (χ1) is 9.46. The van der Waals surface area contributed by atoms with Crippen LogP contribution in [-0.4, -0.2) is 37.1 Å². The predicted octanol–water partition coefficient (Wildman–Crippen LogP) is 3.23. The Morgan fingerprint density at radius 3 is 2.75 bits per heavy atom. The molecule has 20 heavy (non-hydrogen) atoms. The molecule has 0 aliphatic carbocycles. The highest BCUT2D eigenvalue weighted by molar-refractivity contribution is 7.99. The van der Waals surface area contributed by atoms with E-state index in [1.54, 1.807) is 0 Å². The van der Waals surface area contributed by atoms with Crippen LogP contribution in [0.2, 0.25) is 0 Å². The van der Waals surface area contributed by atoms with Crippen molar-refractivity contribution in [2.45, 2.75) is 31.9 Å². The molecular weight excluding hydrogens is 286 g/mol. The van der Waals surface area contributed by atoms with Crippen molar-refractivity contribution < 1.29 is 0 Å². The number of hydrogen-bond donors (Lipinski definition) is 2. The number of hydrogen-bond acceptors (Lipinski definition) is 3. The SMILES string of the molecule is CN=C(NCC(C)Cc1cccs1)NCC(C)(C)SC. The molecule has 2 N–H and O–H groups in total. The summed E-state index contributed by atoms with van der Waals surface area (Å²) in [5, 5.41) is 8.95. The standard InChI is InChI=1S/C15H27N3S2/c1-12(9-13-7-6-8-20-13)10-17-14(16-4)18-11-15(2,3)19-5/h6-8,12H,9-11H2,1-5H3,(H2,16,17,18). The first-order valence-electron chi connectivity index (χ1n) is 6.99. The highest BCUT2D eigenvalue weighted by atomic mass is 32.2. The van der Waals surface area contributed by atoms with Gasteiger partial charge in [-0.3, -0.25) is 4.99 Å². The molecule has 0 fully saturated rings. The van der Waals surface area contributed by atoms with Gasteiger partial charge in [0.2, 0.25) is 0 Å². The summed E-state index contributed by atoms with van der Waals surface area (Å²) in [7, 11) is 1.82. The zero-order valence-corrected chi connectivity index (χ0v) is 14.8. The first kappa shape index (κ1) is 17.4. The summed E-state index contributed by atoms with van der Waals surface area (Å²) in [5.74, 6) is 1.49. The number of rotatable bonds is 7. The maximum atomic E-state index is 4.28. The van der Waals surface area contributed by atoms with Gasteiger partial charge in [-0.05, 0) is 43.9 Å². The van der Waals surface area contributed by atoms with Crippen molar-refractivity contribution in [3.05, 3.63) is 22.4 Å². The Morgan fingerprint density at radius 1 is 1.45 bits per heavy atom. The molecule has 1 atom stereocenters. The highest BCUT2D eigenvalue weighted by Crippen LogP contribution is 2.19. The van der Waals surface area contributed by atoms with Gasteiger partial charge >= 0.3 is 0 Å². The number of thiophene rings is 1. The Balaban J connectivity index is 2.31. The lowest BCUT2D eigenvalue weighted by Crippen LogP contribution is -2.44. The monoisotopic (exact) mass is 313 g/mol. The molecule has 1 rings (SSSR count). The van der Waals surface area contributed by atoms with Crippen molar-refractivity contribution in [1.82, 2.24) is 10.6 Å². The second-order valence-electron chi connectivity index (χ2n) is 5.66. The van der Waals surface area contributed by atoms with Gasteiger partial charge < -0.3 is 10.6 Å². The second kappa shape index (κ2) is 8.57. The van der Waals surface area contributed by atoms with Gasteiger partial charge in [0.15, 0.2) is 5.96 Å². The van der Waals surface area contributed by atoms with Crippen LogP contribution in [0, 0.1) is 5.92 Å². The minimum Gasteiger partial charge on any atom is -0.356 e. The Bertz CT molecular complexity index is 399. The fraction of sp³-hybridized carbons (Fsp3) is 0.667. The summed E-state index contributed by atoms with van der Waals surface area (Å²) in [6, 6.07) is 4.32. The smallest absolute Gasteiger partial charge is 0.191 e. The molecule has 0 amide bonds. The van der Waals surface area contributed by atoms with Crippen LogP contribution in [0.5, 0.6) is 0 Å². The van der Waals surface area contributed by atoms with E-state index in [9.17, 15) is 0 Å². The van der Waals surface area contributed by atoms with Crippen LogP contribution in [0.15, 0.2) is 22.5 Å². The first-order valence-corrected chi connectivity index (χ1v) is 9.09. The molecule has 0 aliphatic heterocycles. The average Bonchev–Trinajstić information content (AvgIpc) is 2.91. The summed E-state index contributed by atoms with van der Waals surface area (Å²) >= 11 is 3.69. The fourth-order valence-corrected chi connectivity index (χ4v) is 2.79. The molecular formula is C15H27N3S2. The molecule has 3 nitrogen and oxygen atoms in total. The maximum absolute atomic E-state index is 4.28. The topological polar surface area (TPSA) is 36.4 Å². The van der Waals surface area contributed by atoms with Gasteiger partial charge in [0.05, 0.1) is 0 Å². The van der Waals surface area contributed by atoms with E-state index in [0.717, 1.165) is 25.5 Å². The molecule has 0 spiro atoms. The number of nitrogens with one attached hydrogen (secondary N) is 2. The summed E-state index contributed by atoms with van der Waals surface area (Å²) < 4.78 is 0.222. The molecule has 0 aliphatic rings. The molecule has 0 saturated heterocycles. The molecule has 0 bridgehead atoms. The van der Waals surface area contributed by atoms with E-state index in [4.69, 9.17) is 0 Å². The number of aliphatic imine (C=N–C) groups is 1. The van der Waals surface area contributed by atoms with Gasteiger partial charge in [-0.1, -0.05) is 13.0 Å². The highest BCUT2D eigenvalue weighted by Gasteiger charge is 2.16. The second-order valence-corrected chi connectivity index (χ2v) is 8.20. The van der Waals surface area contributed by atoms with Crippen molar-refractivity contribution in [2.75, 3.05) is 26.4 Å². The van der Waals surface area contributed by atoms with E-state index >= 15 is 0 Å². The van der Waals surface area contributed by atoms with Crippen LogP contribution < -0.4 is 10.6 Å². The van der Waals surface area contributed by atoms with E-state index in [2.05, 4.69) is 60.2 Å². The maximum Gasteiger partial charge on any atom is 0.191 e. The summed E-state index contributed by atoms with van der Waals surface area (Å²) in [5.41, 5.74) is 0. The average molecular weight is 314 g/mol. The molecule has 114 valence electrons. The van der Waals surface area contributed by atoms with Crippen LogP contribution in [0.25, 0.3) is 0 Å². The molecule has 0 saturated carbocycles. The largest absolute Gasteiger partial charge is 0.356 e. The summed E-state index contributed by atoms with van der Waals surface area (Å²) in [4.78, 5) is 5.73. The van der Waals surface area contributed by atoms with Gasteiger partial charge in [0, 0.05) is 29.8 Å². The van der Waals surface area contributed by atoms with Gasteiger partial charge in [-0.25, -0.2) is 0 Å². The molecule has 1 aromatic rings. The number of nitrogens with zero attached hydrogens (tertiary/aromatic N) is 1. The Hall–Kier alpha value is -0.680. The van der Waals surface area contributed by atoms with Crippen LogP contribution in [0.3, 0.4) is 0 Å². The van der Waals surface area contributed by atoms with Gasteiger partial charge in [-0.15, -0.1) is 11.3 Å². The third-order valence-corrected chi connectivity index (χ3v) is 5.35. The van der Waals surface area contributed by atoms with Gasteiger partial charge in [-0.2, -0.15) is 11.8 Å². The molecule has 0 aromatic carbocycles. The number of guanidine groups is 1. The Kier molecular flexibility index (Phi) is 7.45. The molecule has 0 radical (unpaired) electrons. The van der Waals surface area contributed by atoms with Gasteiger partial charge in [0.25, 0.3) is 0 Å². The van der Waals surface area contributed by atoms with E-state index in [0.29, 0.717) is 5.92 Å². The molecule has 5 heteroatoms. The van der Waals surface area contributed by atoms with E-state index in [1.807, 2.05) is 30.1 Å². The van der Waals surface area contributed by atoms with Crippen LogP contribution in [0.1, 0.15) is 25.6 Å². The van der Waals surface area contributed by atoms with Crippen molar-refractivity contribution in [2.24, 2.45) is 10.9 Å². The normalized spacial score (nSPS) is 14.2. The Labute approximate surface area is 131 Å². The minimum absolute atomic E-state index is 0.222. The summed E-state index contributed by atoms with van der Waals surface area (Å²) in [6.45, 7) is 8.59. The van der Waals surface area contributed by atoms with Crippen LogP contribution >= 0.6 is 23.1 Å². The predicted molar refractivity (Wildman–Crippen MR) is 94.1 cm³/mol. The van der Waals surface area contributed by atoms with Crippen LogP contribution in [-0.2, 0) is 6.42 Å². The third-order valence-electron chi connectivity index (χ3n) is 3.21. The van der Waals surface area contributed by atoms with Crippen molar-refractivity contribution in [3.63, 3.8) is 0 Å². The lowest BCUT2D eigenvalue weighted by Gasteiger charge is -2.24. The number of thioether (sulfide) groups is 1. The molecule has 1 heterocycles. The van der Waals surface area contributed by atoms with Crippen molar-refractivity contribution >= 4 is 29.1 Å². The third kappa shape index (κ3) is 6.66. The van der Waals surface area contributed by atoms with Crippen molar-refractivity contribution in [1.29, 1.82) is 0 Å². The van der Waals surface area contributed by atoms with E-state index < -0.39 is 0 Å². The Morgan fingerprint density at radius 2 is 2.20 bits per heavy atom. The zero-order valence-electron chi connectivity index (χ0n) is 13.2. The van der Waals surface area contributed by atoms with Gasteiger partial charge in [0.1, 0.15) is 0 Å². The van der Waals surface area contributed by atoms with Crippen LogP contribution in [0.4, 0.5) is 0 Å². The van der Waals surface area contributed by atoms with Crippen molar-refractivity contribution in [3.8, 4) is 0 Å².